The molecule has 1 N–H and O–H groups in total. The lowest BCUT2D eigenvalue weighted by Crippen LogP contribution is -2.13. The lowest BCUT2D eigenvalue weighted by molar-refractivity contribution is 0.0695. The van der Waals surface area contributed by atoms with Crippen molar-refractivity contribution in [1.29, 1.82) is 0 Å². The van der Waals surface area contributed by atoms with Crippen molar-refractivity contribution in [1.82, 2.24) is 0 Å². The molecule has 2 aromatic rings. The number of fused-ring (bicyclic) bond motifs is 1. The van der Waals surface area contributed by atoms with E-state index >= 15 is 0 Å². The van der Waals surface area contributed by atoms with Crippen LogP contribution in [0.3, 0.4) is 0 Å². The zero-order valence-electron chi connectivity index (χ0n) is 11.3. The first-order valence-corrected chi connectivity index (χ1v) is 6.78. The number of hydrogen-bond donors (Lipinski definition) is 1. The highest BCUT2D eigenvalue weighted by Gasteiger charge is 2.24. The lowest BCUT2D eigenvalue weighted by atomic mass is 9.80. The first-order valence-electron chi connectivity index (χ1n) is 6.78. The molecule has 0 heterocycles. The Hall–Kier alpha value is -2.35. The van der Waals surface area contributed by atoms with Crippen molar-refractivity contribution in [2.75, 3.05) is 0 Å². The standard InChI is InChI=1S/C18H16O2/c1-12-6-2-4-8-14(12)17-15-9-5-3-7-13(15)10-11-16(17)18(19)20/h2-12,14H,1H3,(H,19,20). The molecule has 20 heavy (non-hydrogen) atoms. The van der Waals surface area contributed by atoms with Crippen LogP contribution in [0.5, 0.6) is 0 Å². The SMILES string of the molecule is CC1C=CC=CC1c1c(C(=O)O)ccc2ccccc12. The molecule has 0 amide bonds. The Kier molecular flexibility index (Phi) is 3.15. The molecule has 0 radical (unpaired) electrons. The third-order valence-corrected chi connectivity index (χ3v) is 3.95. The number of carboxylic acids is 1. The van der Waals surface area contributed by atoms with Crippen LogP contribution in [0.4, 0.5) is 0 Å². The van der Waals surface area contributed by atoms with Crippen molar-refractivity contribution >= 4 is 16.7 Å². The second-order valence-electron chi connectivity index (χ2n) is 5.21. The monoisotopic (exact) mass is 264 g/mol. The Morgan fingerprint density at radius 1 is 1.05 bits per heavy atom. The molecule has 0 bridgehead atoms. The summed E-state index contributed by atoms with van der Waals surface area (Å²) in [6.45, 7) is 2.12. The Morgan fingerprint density at radius 2 is 1.80 bits per heavy atom. The minimum atomic E-state index is -0.860. The Bertz CT molecular complexity index is 725. The van der Waals surface area contributed by atoms with E-state index < -0.39 is 5.97 Å². The summed E-state index contributed by atoms with van der Waals surface area (Å²) in [6.07, 6.45) is 8.24. The maximum Gasteiger partial charge on any atom is 0.336 e. The molecule has 3 rings (SSSR count). The first kappa shape index (κ1) is 12.7. The van der Waals surface area contributed by atoms with E-state index in [1.165, 1.54) is 0 Å². The van der Waals surface area contributed by atoms with Gasteiger partial charge < -0.3 is 5.11 Å². The van der Waals surface area contributed by atoms with Crippen LogP contribution in [-0.4, -0.2) is 11.1 Å². The van der Waals surface area contributed by atoms with Gasteiger partial charge in [-0.1, -0.05) is 61.6 Å². The summed E-state index contributed by atoms with van der Waals surface area (Å²) in [5.74, 6) is -0.456. The van der Waals surface area contributed by atoms with Crippen LogP contribution in [0.2, 0.25) is 0 Å². The Morgan fingerprint density at radius 3 is 2.55 bits per heavy atom. The lowest BCUT2D eigenvalue weighted by Gasteiger charge is -2.24. The summed E-state index contributed by atoms with van der Waals surface area (Å²) in [5.41, 5.74) is 1.32. The van der Waals surface area contributed by atoms with E-state index in [4.69, 9.17) is 0 Å². The molecule has 2 aromatic carbocycles. The average Bonchev–Trinajstić information content (AvgIpc) is 2.46. The molecule has 0 fully saturated rings. The van der Waals surface area contributed by atoms with Gasteiger partial charge in [0.1, 0.15) is 0 Å². The van der Waals surface area contributed by atoms with Crippen LogP contribution in [0.25, 0.3) is 10.8 Å². The number of aromatic carboxylic acids is 1. The van der Waals surface area contributed by atoms with Gasteiger partial charge in [-0.25, -0.2) is 4.79 Å². The summed E-state index contributed by atoms with van der Waals surface area (Å²) in [7, 11) is 0. The van der Waals surface area contributed by atoms with E-state index in [-0.39, 0.29) is 5.92 Å². The molecule has 2 nitrogen and oxygen atoms in total. The van der Waals surface area contributed by atoms with Crippen LogP contribution in [0.15, 0.2) is 60.7 Å². The predicted molar refractivity (Wildman–Crippen MR) is 81.1 cm³/mol. The quantitative estimate of drug-likeness (QED) is 0.873. The minimum Gasteiger partial charge on any atom is -0.478 e. The molecule has 1 aliphatic rings. The second kappa shape index (κ2) is 4.97. The van der Waals surface area contributed by atoms with Gasteiger partial charge in [-0.2, -0.15) is 0 Å². The van der Waals surface area contributed by atoms with E-state index in [1.807, 2.05) is 42.5 Å². The van der Waals surface area contributed by atoms with E-state index in [9.17, 15) is 9.90 Å². The van der Waals surface area contributed by atoms with Gasteiger partial charge >= 0.3 is 5.97 Å². The zero-order chi connectivity index (χ0) is 14.1. The molecule has 1 aliphatic carbocycles. The van der Waals surface area contributed by atoms with E-state index in [2.05, 4.69) is 19.1 Å². The Labute approximate surface area is 118 Å². The molecular formula is C18H16O2. The molecule has 0 aromatic heterocycles. The molecule has 2 unspecified atom stereocenters. The van der Waals surface area contributed by atoms with Gasteiger partial charge in [-0.15, -0.1) is 0 Å². The van der Waals surface area contributed by atoms with Crippen LogP contribution in [0, 0.1) is 5.92 Å². The van der Waals surface area contributed by atoms with Crippen LogP contribution in [-0.2, 0) is 0 Å². The number of allylic oxidation sites excluding steroid dienone is 4. The van der Waals surface area contributed by atoms with Crippen molar-refractivity contribution in [2.24, 2.45) is 5.92 Å². The third kappa shape index (κ3) is 2.03. The molecule has 2 atom stereocenters. The van der Waals surface area contributed by atoms with Crippen LogP contribution in [0.1, 0.15) is 28.8 Å². The fraction of sp³-hybridized carbons (Fsp3) is 0.167. The normalized spacial score (nSPS) is 21.2. The van der Waals surface area contributed by atoms with Crippen molar-refractivity contribution in [3.05, 3.63) is 71.8 Å². The highest BCUT2D eigenvalue weighted by Crippen LogP contribution is 2.36. The highest BCUT2D eigenvalue weighted by atomic mass is 16.4. The van der Waals surface area contributed by atoms with Crippen molar-refractivity contribution in [3.8, 4) is 0 Å². The topological polar surface area (TPSA) is 37.3 Å². The summed E-state index contributed by atoms with van der Waals surface area (Å²) in [4.78, 5) is 11.6. The largest absolute Gasteiger partial charge is 0.478 e. The van der Waals surface area contributed by atoms with E-state index in [1.54, 1.807) is 6.07 Å². The second-order valence-corrected chi connectivity index (χ2v) is 5.21. The Balaban J connectivity index is 2.30. The number of hydrogen-bond acceptors (Lipinski definition) is 1. The fourth-order valence-electron chi connectivity index (χ4n) is 2.92. The summed E-state index contributed by atoms with van der Waals surface area (Å²) >= 11 is 0. The highest BCUT2D eigenvalue weighted by molar-refractivity contribution is 5.98. The number of rotatable bonds is 2. The van der Waals surface area contributed by atoms with Crippen LogP contribution >= 0.6 is 0 Å². The van der Waals surface area contributed by atoms with E-state index in [0.29, 0.717) is 11.5 Å². The summed E-state index contributed by atoms with van der Waals surface area (Å²) < 4.78 is 0. The smallest absolute Gasteiger partial charge is 0.336 e. The first-order chi connectivity index (χ1) is 9.68. The fourth-order valence-corrected chi connectivity index (χ4v) is 2.92. The van der Waals surface area contributed by atoms with Gasteiger partial charge in [0.25, 0.3) is 0 Å². The maximum absolute atomic E-state index is 11.6. The van der Waals surface area contributed by atoms with Crippen molar-refractivity contribution < 1.29 is 9.90 Å². The molecular weight excluding hydrogens is 248 g/mol. The average molecular weight is 264 g/mol. The van der Waals surface area contributed by atoms with Gasteiger partial charge in [0, 0.05) is 5.92 Å². The van der Waals surface area contributed by atoms with Gasteiger partial charge in [0.15, 0.2) is 0 Å². The summed E-state index contributed by atoms with van der Waals surface area (Å²) in [5, 5.41) is 11.6. The zero-order valence-corrected chi connectivity index (χ0v) is 11.3. The number of carbonyl (C=O) groups is 1. The third-order valence-electron chi connectivity index (χ3n) is 3.95. The predicted octanol–water partition coefficient (Wildman–Crippen LogP) is 4.38. The van der Waals surface area contributed by atoms with Crippen LogP contribution < -0.4 is 0 Å². The number of carboxylic acid groups (broad SMARTS) is 1. The van der Waals surface area contributed by atoms with Crippen molar-refractivity contribution in [2.45, 2.75) is 12.8 Å². The maximum atomic E-state index is 11.6. The summed E-state index contributed by atoms with van der Waals surface area (Å²) in [6, 6.07) is 11.6. The van der Waals surface area contributed by atoms with Crippen molar-refractivity contribution in [3.63, 3.8) is 0 Å². The molecule has 100 valence electrons. The molecule has 2 heteroatoms. The van der Waals surface area contributed by atoms with Gasteiger partial charge in [0.2, 0.25) is 0 Å². The van der Waals surface area contributed by atoms with Gasteiger partial charge in [0.05, 0.1) is 5.56 Å². The molecule has 0 aliphatic heterocycles. The number of benzene rings is 2. The minimum absolute atomic E-state index is 0.109. The van der Waals surface area contributed by atoms with E-state index in [0.717, 1.165) is 16.3 Å². The molecule has 0 saturated heterocycles. The molecule has 0 saturated carbocycles. The van der Waals surface area contributed by atoms with Gasteiger partial charge in [-0.05, 0) is 28.3 Å². The molecule has 0 spiro atoms. The van der Waals surface area contributed by atoms with Gasteiger partial charge in [-0.3, -0.25) is 0 Å².